The van der Waals surface area contributed by atoms with Crippen molar-refractivity contribution < 1.29 is 19.8 Å². The number of pyridine rings is 1. The highest BCUT2D eigenvalue weighted by molar-refractivity contribution is 5.95. The number of hydrogen-bond acceptors (Lipinski definition) is 5. The van der Waals surface area contributed by atoms with Crippen LogP contribution in [0.1, 0.15) is 33.6 Å². The van der Waals surface area contributed by atoms with E-state index in [4.69, 9.17) is 0 Å². The van der Waals surface area contributed by atoms with Crippen LogP contribution in [0.5, 0.6) is 11.5 Å². The minimum atomic E-state index is -0.358. The first-order valence-corrected chi connectivity index (χ1v) is 8.06. The molecule has 1 fully saturated rings. The van der Waals surface area contributed by atoms with Gasteiger partial charge in [-0.3, -0.25) is 14.6 Å². The summed E-state index contributed by atoms with van der Waals surface area (Å²) in [5.74, 6) is -0.747. The summed E-state index contributed by atoms with van der Waals surface area (Å²) in [6.07, 6.45) is 4.45. The van der Waals surface area contributed by atoms with Gasteiger partial charge in [-0.2, -0.15) is 0 Å². The van der Waals surface area contributed by atoms with Crippen LogP contribution in [0.25, 0.3) is 0 Å². The van der Waals surface area contributed by atoms with Gasteiger partial charge < -0.3 is 20.4 Å². The summed E-state index contributed by atoms with van der Waals surface area (Å²) >= 11 is 0. The number of piperidine rings is 1. The number of amides is 2. The predicted octanol–water partition coefficient (Wildman–Crippen LogP) is 1.53. The fraction of sp³-hybridized carbons (Fsp3) is 0.278. The maximum Gasteiger partial charge on any atom is 0.255 e. The van der Waals surface area contributed by atoms with Gasteiger partial charge in [0, 0.05) is 43.2 Å². The van der Waals surface area contributed by atoms with Crippen molar-refractivity contribution in [1.82, 2.24) is 15.2 Å². The molecule has 1 saturated heterocycles. The summed E-state index contributed by atoms with van der Waals surface area (Å²) in [5.41, 5.74) is 0.756. The third-order valence-corrected chi connectivity index (χ3v) is 4.19. The third kappa shape index (κ3) is 4.06. The van der Waals surface area contributed by atoms with Crippen LogP contribution in [-0.4, -0.2) is 51.0 Å². The van der Waals surface area contributed by atoms with Crippen LogP contribution < -0.4 is 5.32 Å². The molecule has 7 heteroatoms. The Bertz CT molecular complexity index is 751. The Balaban J connectivity index is 1.56. The molecule has 1 aliphatic heterocycles. The zero-order valence-corrected chi connectivity index (χ0v) is 13.6. The molecule has 1 aliphatic rings. The SMILES string of the molecule is O=C(NC1CCN(C(=O)c2cccnc2)CC1)c1cc(O)cc(O)c1. The summed E-state index contributed by atoms with van der Waals surface area (Å²) in [5, 5.41) is 21.8. The van der Waals surface area contributed by atoms with Crippen molar-refractivity contribution in [1.29, 1.82) is 0 Å². The van der Waals surface area contributed by atoms with Gasteiger partial charge in [-0.25, -0.2) is 0 Å². The maximum absolute atomic E-state index is 12.4. The Labute approximate surface area is 144 Å². The van der Waals surface area contributed by atoms with Gasteiger partial charge in [0.1, 0.15) is 11.5 Å². The molecule has 1 aromatic heterocycles. The van der Waals surface area contributed by atoms with Gasteiger partial charge >= 0.3 is 0 Å². The van der Waals surface area contributed by atoms with Crippen LogP contribution in [0, 0.1) is 0 Å². The topological polar surface area (TPSA) is 103 Å². The first-order valence-electron chi connectivity index (χ1n) is 8.06. The smallest absolute Gasteiger partial charge is 0.255 e. The normalized spacial score (nSPS) is 15.0. The predicted molar refractivity (Wildman–Crippen MR) is 90.4 cm³/mol. The number of nitrogens with zero attached hydrogens (tertiary/aromatic N) is 2. The Morgan fingerprint density at radius 3 is 2.36 bits per heavy atom. The highest BCUT2D eigenvalue weighted by Crippen LogP contribution is 2.21. The average Bonchev–Trinajstić information content (AvgIpc) is 2.61. The molecule has 2 heterocycles. The van der Waals surface area contributed by atoms with E-state index in [1.807, 2.05) is 0 Å². The van der Waals surface area contributed by atoms with Crippen LogP contribution in [0.4, 0.5) is 0 Å². The zero-order valence-electron chi connectivity index (χ0n) is 13.6. The molecule has 3 N–H and O–H groups in total. The van der Waals surface area contributed by atoms with E-state index in [1.54, 1.807) is 29.4 Å². The first kappa shape index (κ1) is 16.8. The van der Waals surface area contributed by atoms with Crippen molar-refractivity contribution in [3.8, 4) is 11.5 Å². The fourth-order valence-corrected chi connectivity index (χ4v) is 2.89. The highest BCUT2D eigenvalue weighted by Gasteiger charge is 2.25. The van der Waals surface area contributed by atoms with Crippen molar-refractivity contribution >= 4 is 11.8 Å². The first-order chi connectivity index (χ1) is 12.0. The van der Waals surface area contributed by atoms with E-state index in [-0.39, 0.29) is 34.9 Å². The van der Waals surface area contributed by atoms with E-state index >= 15 is 0 Å². The molecular weight excluding hydrogens is 322 g/mol. The summed E-state index contributed by atoms with van der Waals surface area (Å²) < 4.78 is 0. The molecule has 0 unspecified atom stereocenters. The second-order valence-corrected chi connectivity index (χ2v) is 6.02. The Hall–Kier alpha value is -3.09. The number of hydrogen-bond donors (Lipinski definition) is 3. The van der Waals surface area contributed by atoms with Gasteiger partial charge in [0.05, 0.1) is 5.56 Å². The average molecular weight is 341 g/mol. The number of phenols is 2. The van der Waals surface area contributed by atoms with E-state index in [1.165, 1.54) is 18.2 Å². The number of carbonyl (C=O) groups is 2. The van der Waals surface area contributed by atoms with Crippen molar-refractivity contribution in [2.75, 3.05) is 13.1 Å². The number of likely N-dealkylation sites (tertiary alicyclic amines) is 1. The lowest BCUT2D eigenvalue weighted by Crippen LogP contribution is -2.46. The molecule has 1 aromatic carbocycles. The molecule has 130 valence electrons. The van der Waals surface area contributed by atoms with E-state index in [0.717, 1.165) is 0 Å². The lowest BCUT2D eigenvalue weighted by atomic mass is 10.0. The van der Waals surface area contributed by atoms with Crippen LogP contribution >= 0.6 is 0 Å². The number of aromatic nitrogens is 1. The summed E-state index contributed by atoms with van der Waals surface area (Å²) in [6.45, 7) is 1.09. The molecule has 0 bridgehead atoms. The van der Waals surface area contributed by atoms with Gasteiger partial charge in [-0.05, 0) is 37.1 Å². The lowest BCUT2D eigenvalue weighted by Gasteiger charge is -2.32. The Morgan fingerprint density at radius 2 is 1.76 bits per heavy atom. The number of nitrogens with one attached hydrogen (secondary N) is 1. The van der Waals surface area contributed by atoms with Crippen molar-refractivity contribution in [3.05, 3.63) is 53.9 Å². The number of aromatic hydroxyl groups is 2. The highest BCUT2D eigenvalue weighted by atomic mass is 16.3. The van der Waals surface area contributed by atoms with Gasteiger partial charge in [-0.1, -0.05) is 0 Å². The monoisotopic (exact) mass is 341 g/mol. The molecule has 2 amide bonds. The maximum atomic E-state index is 12.4. The fourth-order valence-electron chi connectivity index (χ4n) is 2.89. The third-order valence-electron chi connectivity index (χ3n) is 4.19. The quantitative estimate of drug-likeness (QED) is 0.786. The second-order valence-electron chi connectivity index (χ2n) is 6.02. The minimum Gasteiger partial charge on any atom is -0.508 e. The lowest BCUT2D eigenvalue weighted by molar-refractivity contribution is 0.0697. The minimum absolute atomic E-state index is 0.0595. The van der Waals surface area contributed by atoms with Crippen molar-refractivity contribution in [2.45, 2.75) is 18.9 Å². The van der Waals surface area contributed by atoms with Crippen molar-refractivity contribution in [2.24, 2.45) is 0 Å². The Kier molecular flexibility index (Phi) is 4.83. The summed E-state index contributed by atoms with van der Waals surface area (Å²) in [4.78, 5) is 30.3. The van der Waals surface area contributed by atoms with Crippen LogP contribution in [0.2, 0.25) is 0 Å². The zero-order chi connectivity index (χ0) is 17.8. The number of rotatable bonds is 3. The molecule has 0 atom stereocenters. The Morgan fingerprint density at radius 1 is 1.08 bits per heavy atom. The number of carbonyl (C=O) groups excluding carboxylic acids is 2. The molecule has 2 aromatic rings. The number of phenolic OH excluding ortho intramolecular Hbond substituents is 2. The van der Waals surface area contributed by atoms with E-state index in [0.29, 0.717) is 31.5 Å². The van der Waals surface area contributed by atoms with E-state index < -0.39 is 0 Å². The van der Waals surface area contributed by atoms with E-state index in [2.05, 4.69) is 10.3 Å². The summed E-state index contributed by atoms with van der Waals surface area (Å²) in [7, 11) is 0. The van der Waals surface area contributed by atoms with E-state index in [9.17, 15) is 19.8 Å². The summed E-state index contributed by atoms with van der Waals surface area (Å²) in [6, 6.07) is 7.17. The molecule has 3 rings (SSSR count). The van der Waals surface area contributed by atoms with Crippen molar-refractivity contribution in [3.63, 3.8) is 0 Å². The molecule has 0 saturated carbocycles. The standard InChI is InChI=1S/C18H19N3O4/c22-15-8-13(9-16(23)10-15)17(24)20-14-3-6-21(7-4-14)18(25)12-2-1-5-19-11-12/h1-2,5,8-11,14,22-23H,3-4,6-7H2,(H,20,24). The van der Waals surface area contributed by atoms with Gasteiger partial charge in [-0.15, -0.1) is 0 Å². The van der Waals surface area contributed by atoms with Gasteiger partial charge in [0.2, 0.25) is 0 Å². The second kappa shape index (κ2) is 7.21. The van der Waals surface area contributed by atoms with Gasteiger partial charge in [0.25, 0.3) is 11.8 Å². The largest absolute Gasteiger partial charge is 0.508 e. The van der Waals surface area contributed by atoms with Crippen LogP contribution in [-0.2, 0) is 0 Å². The molecule has 0 aliphatic carbocycles. The molecule has 0 radical (unpaired) electrons. The molecular formula is C18H19N3O4. The van der Waals surface area contributed by atoms with Crippen LogP contribution in [0.15, 0.2) is 42.7 Å². The molecule has 0 spiro atoms. The number of benzene rings is 1. The molecule has 7 nitrogen and oxygen atoms in total. The van der Waals surface area contributed by atoms with Crippen LogP contribution in [0.3, 0.4) is 0 Å². The van der Waals surface area contributed by atoms with Gasteiger partial charge in [0.15, 0.2) is 0 Å². The molecule has 25 heavy (non-hydrogen) atoms.